The zero-order valence-electron chi connectivity index (χ0n) is 8.81. The molecule has 16 heavy (non-hydrogen) atoms. The number of nitrogen functional groups attached to an aromatic ring is 1. The Labute approximate surface area is 92.2 Å². The van der Waals surface area contributed by atoms with Crippen molar-refractivity contribution in [3.05, 3.63) is 36.2 Å². The highest BCUT2D eigenvalue weighted by Gasteiger charge is 2.05. The van der Waals surface area contributed by atoms with Gasteiger partial charge in [0.15, 0.2) is 5.65 Å². The summed E-state index contributed by atoms with van der Waals surface area (Å²) in [6, 6.07) is 8.04. The monoisotopic (exact) mass is 210 g/mol. The quantitative estimate of drug-likeness (QED) is 0.577. The number of hydrogen-bond donors (Lipinski definition) is 1. The number of rotatable bonds is 0. The molecule has 3 rings (SSSR count). The van der Waals surface area contributed by atoms with Crippen molar-refractivity contribution >= 4 is 27.8 Å². The average Bonchev–Trinajstić information content (AvgIpc) is 2.29. The molecule has 78 valence electrons. The first-order chi connectivity index (χ1) is 7.75. The van der Waals surface area contributed by atoms with E-state index < -0.39 is 0 Å². The predicted molar refractivity (Wildman–Crippen MR) is 64.0 cm³/mol. The lowest BCUT2D eigenvalue weighted by Crippen LogP contribution is -1.95. The Kier molecular flexibility index (Phi) is 1.77. The van der Waals surface area contributed by atoms with E-state index in [9.17, 15) is 0 Å². The average molecular weight is 210 g/mol. The van der Waals surface area contributed by atoms with E-state index >= 15 is 0 Å². The smallest absolute Gasteiger partial charge is 0.165 e. The molecule has 4 heteroatoms. The van der Waals surface area contributed by atoms with E-state index in [1.165, 1.54) is 6.33 Å². The summed E-state index contributed by atoms with van der Waals surface area (Å²) in [5.41, 5.74) is 8.54. The van der Waals surface area contributed by atoms with Crippen molar-refractivity contribution in [2.45, 2.75) is 6.92 Å². The van der Waals surface area contributed by atoms with Crippen molar-refractivity contribution < 1.29 is 0 Å². The first kappa shape index (κ1) is 9.03. The van der Waals surface area contributed by atoms with Crippen LogP contribution in [0.3, 0.4) is 0 Å². The van der Waals surface area contributed by atoms with Gasteiger partial charge in [-0.25, -0.2) is 15.0 Å². The zero-order valence-corrected chi connectivity index (χ0v) is 8.81. The highest BCUT2D eigenvalue weighted by molar-refractivity contribution is 5.96. The van der Waals surface area contributed by atoms with Crippen LogP contribution in [0.4, 0.5) is 5.82 Å². The third kappa shape index (κ3) is 1.20. The second kappa shape index (κ2) is 3.13. The highest BCUT2D eigenvalue weighted by Crippen LogP contribution is 2.22. The van der Waals surface area contributed by atoms with Crippen LogP contribution in [0.2, 0.25) is 0 Å². The third-order valence-electron chi connectivity index (χ3n) is 2.68. The van der Waals surface area contributed by atoms with Crippen LogP contribution in [0, 0.1) is 6.92 Å². The molecule has 0 radical (unpaired) electrons. The van der Waals surface area contributed by atoms with Gasteiger partial charge in [0.25, 0.3) is 0 Å². The Bertz CT molecular complexity index is 629. The number of nitrogens with two attached hydrogens (primary N) is 1. The molecule has 0 saturated carbocycles. The number of nitrogens with zero attached hydrogens (tertiary/aromatic N) is 3. The van der Waals surface area contributed by atoms with Gasteiger partial charge in [0.05, 0.1) is 10.9 Å². The molecule has 1 aromatic carbocycles. The molecule has 0 fully saturated rings. The van der Waals surface area contributed by atoms with Crippen molar-refractivity contribution in [2.75, 3.05) is 5.73 Å². The molecule has 0 unspecified atom stereocenters. The van der Waals surface area contributed by atoms with Crippen LogP contribution in [0.15, 0.2) is 30.6 Å². The first-order valence-corrected chi connectivity index (χ1v) is 5.02. The summed E-state index contributed by atoms with van der Waals surface area (Å²) >= 11 is 0. The number of anilines is 1. The van der Waals surface area contributed by atoms with E-state index in [0.717, 1.165) is 21.9 Å². The fraction of sp³-hybridized carbons (Fsp3) is 0.0833. The van der Waals surface area contributed by atoms with E-state index in [0.29, 0.717) is 11.5 Å². The second-order valence-corrected chi connectivity index (χ2v) is 3.77. The Morgan fingerprint density at radius 2 is 2.06 bits per heavy atom. The molecule has 0 bridgehead atoms. The van der Waals surface area contributed by atoms with E-state index in [-0.39, 0.29) is 0 Å². The maximum absolute atomic E-state index is 5.79. The molecule has 2 heterocycles. The molecule has 3 aromatic rings. The molecule has 2 N–H and O–H groups in total. The van der Waals surface area contributed by atoms with Crippen LogP contribution in [0.5, 0.6) is 0 Å². The van der Waals surface area contributed by atoms with Gasteiger partial charge in [-0.15, -0.1) is 0 Å². The van der Waals surface area contributed by atoms with Gasteiger partial charge in [-0.1, -0.05) is 18.2 Å². The molecule has 0 amide bonds. The van der Waals surface area contributed by atoms with E-state index in [1.807, 2.05) is 31.2 Å². The van der Waals surface area contributed by atoms with Gasteiger partial charge < -0.3 is 5.73 Å². The van der Waals surface area contributed by atoms with Crippen molar-refractivity contribution in [1.29, 1.82) is 0 Å². The molecule has 0 atom stereocenters. The minimum atomic E-state index is 0.473. The molecule has 0 aliphatic rings. The molecule has 0 aliphatic carbocycles. The third-order valence-corrected chi connectivity index (χ3v) is 2.68. The minimum Gasteiger partial charge on any atom is -0.383 e. The fourth-order valence-electron chi connectivity index (χ4n) is 1.84. The summed E-state index contributed by atoms with van der Waals surface area (Å²) in [5.74, 6) is 0.473. The molecule has 4 nitrogen and oxygen atoms in total. The largest absolute Gasteiger partial charge is 0.383 e. The van der Waals surface area contributed by atoms with Crippen LogP contribution >= 0.6 is 0 Å². The van der Waals surface area contributed by atoms with Gasteiger partial charge in [-0.3, -0.25) is 0 Å². The summed E-state index contributed by atoms with van der Waals surface area (Å²) < 4.78 is 0. The minimum absolute atomic E-state index is 0.473. The van der Waals surface area contributed by atoms with Crippen molar-refractivity contribution in [1.82, 2.24) is 15.0 Å². The molecule has 0 spiro atoms. The lowest BCUT2D eigenvalue weighted by Gasteiger charge is -2.04. The summed E-state index contributed by atoms with van der Waals surface area (Å²) in [5, 5.41) is 1.87. The summed E-state index contributed by atoms with van der Waals surface area (Å²) in [7, 11) is 0. The Balaban J connectivity index is 2.54. The van der Waals surface area contributed by atoms with E-state index in [4.69, 9.17) is 5.73 Å². The number of para-hydroxylation sites is 1. The summed E-state index contributed by atoms with van der Waals surface area (Å²) in [6.45, 7) is 2.03. The van der Waals surface area contributed by atoms with Gasteiger partial charge in [0.2, 0.25) is 0 Å². The number of benzene rings is 1. The highest BCUT2D eigenvalue weighted by atomic mass is 15.0. The predicted octanol–water partition coefficient (Wildman–Crippen LogP) is 2.07. The number of aryl methyl sites for hydroxylation is 1. The zero-order chi connectivity index (χ0) is 11.1. The normalized spacial score (nSPS) is 11.1. The fourth-order valence-corrected chi connectivity index (χ4v) is 1.84. The van der Waals surface area contributed by atoms with E-state index in [1.54, 1.807) is 0 Å². The van der Waals surface area contributed by atoms with Crippen LogP contribution in [0.25, 0.3) is 21.9 Å². The molecular weight excluding hydrogens is 200 g/mol. The van der Waals surface area contributed by atoms with Crippen LogP contribution in [0.1, 0.15) is 5.56 Å². The second-order valence-electron chi connectivity index (χ2n) is 3.77. The van der Waals surface area contributed by atoms with Gasteiger partial charge >= 0.3 is 0 Å². The number of fused-ring (bicyclic) bond motifs is 2. The van der Waals surface area contributed by atoms with Gasteiger partial charge in [-0.05, 0) is 18.6 Å². The van der Waals surface area contributed by atoms with Crippen molar-refractivity contribution in [3.63, 3.8) is 0 Å². The summed E-state index contributed by atoms with van der Waals surface area (Å²) in [4.78, 5) is 12.6. The molecular formula is C12H10N4. The van der Waals surface area contributed by atoms with Crippen molar-refractivity contribution in [3.8, 4) is 0 Å². The summed E-state index contributed by atoms with van der Waals surface area (Å²) in [6.07, 6.45) is 1.44. The van der Waals surface area contributed by atoms with Crippen LogP contribution in [-0.4, -0.2) is 15.0 Å². The molecule has 0 saturated heterocycles. The number of pyridine rings is 1. The van der Waals surface area contributed by atoms with Crippen molar-refractivity contribution in [2.24, 2.45) is 0 Å². The standard InChI is InChI=1S/C12H10N4/c1-7-3-2-4-8-5-9-11(13)14-6-15-12(9)16-10(7)8/h2-6H,1H3,(H2,13,14,15,16). The first-order valence-electron chi connectivity index (χ1n) is 5.02. The molecule has 2 aromatic heterocycles. The molecule has 0 aliphatic heterocycles. The SMILES string of the molecule is Cc1cccc2cc3c(N)ncnc3nc12. The lowest BCUT2D eigenvalue weighted by molar-refractivity contribution is 1.20. The van der Waals surface area contributed by atoms with Gasteiger partial charge in [-0.2, -0.15) is 0 Å². The Morgan fingerprint density at radius 1 is 1.19 bits per heavy atom. The number of aromatic nitrogens is 3. The van der Waals surface area contributed by atoms with Gasteiger partial charge in [0, 0.05) is 5.39 Å². The maximum Gasteiger partial charge on any atom is 0.165 e. The van der Waals surface area contributed by atoms with Crippen LogP contribution < -0.4 is 5.73 Å². The number of hydrogen-bond acceptors (Lipinski definition) is 4. The topological polar surface area (TPSA) is 64.7 Å². The Hall–Kier alpha value is -2.23. The Morgan fingerprint density at radius 3 is 2.94 bits per heavy atom. The van der Waals surface area contributed by atoms with Gasteiger partial charge in [0.1, 0.15) is 12.1 Å². The van der Waals surface area contributed by atoms with E-state index in [2.05, 4.69) is 15.0 Å². The van der Waals surface area contributed by atoms with Crippen LogP contribution in [-0.2, 0) is 0 Å². The maximum atomic E-state index is 5.79. The lowest BCUT2D eigenvalue weighted by atomic mass is 10.1.